The maximum atomic E-state index is 13.8. The fraction of sp³-hybridized carbons (Fsp3) is 0.278. The predicted molar refractivity (Wildman–Crippen MR) is 173 cm³/mol. The van der Waals surface area contributed by atoms with Gasteiger partial charge in [-0.05, 0) is 86.6 Å². The van der Waals surface area contributed by atoms with Crippen LogP contribution in [0.5, 0.6) is 11.5 Å². The van der Waals surface area contributed by atoms with Crippen molar-refractivity contribution in [1.82, 2.24) is 0 Å². The fourth-order valence-electron chi connectivity index (χ4n) is 4.54. The van der Waals surface area contributed by atoms with E-state index in [1.807, 2.05) is 74.5 Å². The second-order valence-corrected chi connectivity index (χ2v) is 9.72. The molecule has 0 N–H and O–H groups in total. The lowest BCUT2D eigenvalue weighted by molar-refractivity contribution is 0.0967. The van der Waals surface area contributed by atoms with E-state index in [1.165, 1.54) is 0 Å². The van der Waals surface area contributed by atoms with Gasteiger partial charge < -0.3 is 28.7 Å². The number of ether oxygens (including phenoxy) is 4. The first-order valence-electron chi connectivity index (χ1n) is 15.0. The van der Waals surface area contributed by atoms with E-state index in [-0.39, 0.29) is 24.9 Å². The third kappa shape index (κ3) is 9.42. The molecule has 0 atom stereocenters. The van der Waals surface area contributed by atoms with Crippen molar-refractivity contribution in [2.45, 2.75) is 13.8 Å². The van der Waals surface area contributed by atoms with Crippen molar-refractivity contribution in [1.29, 1.82) is 0 Å². The van der Waals surface area contributed by atoms with Crippen molar-refractivity contribution < 1.29 is 28.5 Å². The van der Waals surface area contributed by atoms with Crippen LogP contribution in [0.1, 0.15) is 34.6 Å². The molecule has 44 heavy (non-hydrogen) atoms. The van der Waals surface area contributed by atoms with Gasteiger partial charge in [0.1, 0.15) is 24.7 Å². The molecule has 0 unspecified atom stereocenters. The van der Waals surface area contributed by atoms with Crippen molar-refractivity contribution in [2.75, 3.05) is 62.5 Å². The van der Waals surface area contributed by atoms with E-state index in [0.29, 0.717) is 62.3 Å². The van der Waals surface area contributed by atoms with Crippen LogP contribution < -0.4 is 19.3 Å². The Morgan fingerprint density at radius 2 is 0.864 bits per heavy atom. The number of nitrogens with zero attached hydrogens (tertiary/aromatic N) is 2. The van der Waals surface area contributed by atoms with E-state index < -0.39 is 0 Å². The van der Waals surface area contributed by atoms with Crippen molar-refractivity contribution in [3.05, 3.63) is 120 Å². The van der Waals surface area contributed by atoms with Crippen LogP contribution in [-0.2, 0) is 9.47 Å². The summed E-state index contributed by atoms with van der Waals surface area (Å²) in [7, 11) is 0. The summed E-state index contributed by atoms with van der Waals surface area (Å²) in [4.78, 5) is 31.1. The maximum absolute atomic E-state index is 13.8. The zero-order chi connectivity index (χ0) is 31.0. The first-order valence-corrected chi connectivity index (χ1v) is 15.0. The average molecular weight is 597 g/mol. The highest BCUT2D eigenvalue weighted by atomic mass is 16.5. The molecule has 0 aliphatic rings. The molecule has 0 saturated carbocycles. The lowest BCUT2D eigenvalue weighted by Crippen LogP contribution is -2.41. The molecule has 0 aromatic heterocycles. The van der Waals surface area contributed by atoms with Crippen LogP contribution in [0.3, 0.4) is 0 Å². The average Bonchev–Trinajstić information content (AvgIpc) is 3.08. The molecule has 0 saturated heterocycles. The molecule has 230 valence electrons. The number of anilines is 2. The molecule has 0 bridgehead atoms. The molecule has 8 heteroatoms. The third-order valence-electron chi connectivity index (χ3n) is 6.78. The van der Waals surface area contributed by atoms with Gasteiger partial charge >= 0.3 is 0 Å². The minimum absolute atomic E-state index is 0.175. The van der Waals surface area contributed by atoms with E-state index >= 15 is 0 Å². The number of carbonyl (C=O) groups is 2. The second kappa shape index (κ2) is 17.5. The summed E-state index contributed by atoms with van der Waals surface area (Å²) in [5.41, 5.74) is 2.51. The Morgan fingerprint density at radius 1 is 0.500 bits per heavy atom. The lowest BCUT2D eigenvalue weighted by atomic mass is 10.1. The molecule has 0 fully saturated rings. The lowest BCUT2D eigenvalue weighted by Gasteiger charge is -2.28. The molecule has 0 spiro atoms. The Balaban J connectivity index is 1.51. The molecule has 8 nitrogen and oxygen atoms in total. The normalized spacial score (nSPS) is 10.7. The standard InChI is InChI=1S/C36H40N2O6/c1-3-41-25-27-43-33-19-15-29(16-20-33)35(39)37(31-11-7-5-8-12-31)23-24-38(32-13-9-6-10-14-32)36(40)30-17-21-34(22-18-30)44-28-26-42-4-2/h5-22H,3-4,23-28H2,1-2H3. The number of para-hydroxylation sites is 2. The summed E-state index contributed by atoms with van der Waals surface area (Å²) in [6.45, 7) is 7.56. The molecule has 0 aliphatic carbocycles. The Hall–Kier alpha value is -4.66. The first kappa shape index (κ1) is 32.3. The summed E-state index contributed by atoms with van der Waals surface area (Å²) in [6, 6.07) is 33.1. The number of benzene rings is 4. The number of carbonyl (C=O) groups excluding carboxylic acids is 2. The molecule has 0 heterocycles. The van der Waals surface area contributed by atoms with E-state index in [4.69, 9.17) is 18.9 Å². The van der Waals surface area contributed by atoms with Crippen molar-refractivity contribution >= 4 is 23.2 Å². The molecule has 4 rings (SSSR count). The van der Waals surface area contributed by atoms with Gasteiger partial charge in [0.25, 0.3) is 11.8 Å². The Bertz CT molecular complexity index is 1300. The summed E-state index contributed by atoms with van der Waals surface area (Å²) in [5, 5.41) is 0. The number of rotatable bonds is 17. The highest BCUT2D eigenvalue weighted by molar-refractivity contribution is 6.08. The quantitative estimate of drug-likeness (QED) is 0.129. The third-order valence-corrected chi connectivity index (χ3v) is 6.78. The van der Waals surface area contributed by atoms with Gasteiger partial charge in [0.05, 0.1) is 13.2 Å². The largest absolute Gasteiger partial charge is 0.491 e. The van der Waals surface area contributed by atoms with Crippen molar-refractivity contribution in [2.24, 2.45) is 0 Å². The molecule has 4 aromatic carbocycles. The molecule has 4 aromatic rings. The number of amides is 2. The van der Waals surface area contributed by atoms with Crippen LogP contribution in [0.15, 0.2) is 109 Å². The van der Waals surface area contributed by atoms with E-state index in [0.717, 1.165) is 11.4 Å². The van der Waals surface area contributed by atoms with Crippen LogP contribution in [0.25, 0.3) is 0 Å². The van der Waals surface area contributed by atoms with Crippen LogP contribution in [0.4, 0.5) is 11.4 Å². The van der Waals surface area contributed by atoms with Crippen molar-refractivity contribution in [3.8, 4) is 11.5 Å². The minimum Gasteiger partial charge on any atom is -0.491 e. The Kier molecular flexibility index (Phi) is 12.8. The zero-order valence-electron chi connectivity index (χ0n) is 25.4. The Morgan fingerprint density at radius 3 is 1.20 bits per heavy atom. The van der Waals surface area contributed by atoms with Crippen LogP contribution in [0, 0.1) is 0 Å². The number of hydrogen-bond acceptors (Lipinski definition) is 6. The van der Waals surface area contributed by atoms with Crippen molar-refractivity contribution in [3.63, 3.8) is 0 Å². The predicted octanol–water partition coefficient (Wildman–Crippen LogP) is 6.51. The monoisotopic (exact) mass is 596 g/mol. The minimum atomic E-state index is -0.175. The van der Waals surface area contributed by atoms with Crippen LogP contribution in [-0.4, -0.2) is 64.5 Å². The molecule has 2 amide bonds. The van der Waals surface area contributed by atoms with Crippen LogP contribution in [0.2, 0.25) is 0 Å². The van der Waals surface area contributed by atoms with E-state index in [9.17, 15) is 9.59 Å². The van der Waals surface area contributed by atoms with E-state index in [1.54, 1.807) is 58.3 Å². The van der Waals surface area contributed by atoms with Gasteiger partial charge in [-0.3, -0.25) is 9.59 Å². The fourth-order valence-corrected chi connectivity index (χ4v) is 4.54. The summed E-state index contributed by atoms with van der Waals surface area (Å²) >= 11 is 0. The van der Waals surface area contributed by atoms with Gasteiger partial charge in [0.15, 0.2) is 0 Å². The topological polar surface area (TPSA) is 77.5 Å². The van der Waals surface area contributed by atoms with Gasteiger partial charge in [-0.1, -0.05) is 36.4 Å². The number of hydrogen-bond donors (Lipinski definition) is 0. The highest BCUT2D eigenvalue weighted by Crippen LogP contribution is 2.22. The molecular weight excluding hydrogens is 556 g/mol. The summed E-state index contributed by atoms with van der Waals surface area (Å²) in [5.74, 6) is 0.982. The van der Waals surface area contributed by atoms with Gasteiger partial charge in [0, 0.05) is 48.8 Å². The summed E-state index contributed by atoms with van der Waals surface area (Å²) < 4.78 is 22.1. The van der Waals surface area contributed by atoms with Crippen LogP contribution >= 0.6 is 0 Å². The zero-order valence-corrected chi connectivity index (χ0v) is 25.4. The van der Waals surface area contributed by atoms with Gasteiger partial charge in [-0.25, -0.2) is 0 Å². The second-order valence-electron chi connectivity index (χ2n) is 9.72. The Labute approximate surface area is 259 Å². The van der Waals surface area contributed by atoms with Gasteiger partial charge in [0.2, 0.25) is 0 Å². The first-order chi connectivity index (χ1) is 21.6. The smallest absolute Gasteiger partial charge is 0.258 e. The maximum Gasteiger partial charge on any atom is 0.258 e. The molecular formula is C36H40N2O6. The SMILES string of the molecule is CCOCCOc1ccc(C(=O)N(CCN(C(=O)c2ccc(OCCOCC)cc2)c2ccccc2)c2ccccc2)cc1. The van der Waals surface area contributed by atoms with Gasteiger partial charge in [-0.2, -0.15) is 0 Å². The van der Waals surface area contributed by atoms with E-state index in [2.05, 4.69) is 0 Å². The summed E-state index contributed by atoms with van der Waals surface area (Å²) in [6.07, 6.45) is 0. The highest BCUT2D eigenvalue weighted by Gasteiger charge is 2.23. The molecule has 0 radical (unpaired) electrons. The molecule has 0 aliphatic heterocycles. The van der Waals surface area contributed by atoms with Gasteiger partial charge in [-0.15, -0.1) is 0 Å².